The molecule has 0 bridgehead atoms. The molecule has 1 aromatic rings. The SMILES string of the molecule is CCS(=O)(=O)CCCC1(N)CCCc2ccc(OC)cc21. The Bertz CT molecular complexity index is 598. The summed E-state index contributed by atoms with van der Waals surface area (Å²) in [6.07, 6.45) is 4.30. The lowest BCUT2D eigenvalue weighted by molar-refractivity contribution is 0.339. The van der Waals surface area contributed by atoms with Crippen molar-refractivity contribution in [1.82, 2.24) is 0 Å². The number of sulfone groups is 1. The molecule has 2 rings (SSSR count). The standard InChI is InChI=1S/C16H25NO3S/c1-3-21(18,19)11-5-10-16(17)9-4-6-13-7-8-14(20-2)12-15(13)16/h7-8,12H,3-6,9-11,17H2,1-2H3. The zero-order valence-electron chi connectivity index (χ0n) is 12.9. The van der Waals surface area contributed by atoms with E-state index in [2.05, 4.69) is 6.07 Å². The van der Waals surface area contributed by atoms with Crippen LogP contribution in [0.1, 0.15) is 43.7 Å². The summed E-state index contributed by atoms with van der Waals surface area (Å²) in [6, 6.07) is 6.06. The maximum absolute atomic E-state index is 11.6. The Morgan fingerprint density at radius 1 is 1.38 bits per heavy atom. The zero-order chi connectivity index (χ0) is 15.5. The molecule has 1 aliphatic rings. The van der Waals surface area contributed by atoms with E-state index in [1.165, 1.54) is 5.56 Å². The van der Waals surface area contributed by atoms with Crippen molar-refractivity contribution >= 4 is 9.84 Å². The maximum Gasteiger partial charge on any atom is 0.150 e. The minimum Gasteiger partial charge on any atom is -0.497 e. The van der Waals surface area contributed by atoms with Gasteiger partial charge in [0, 0.05) is 11.3 Å². The van der Waals surface area contributed by atoms with Gasteiger partial charge in [0.05, 0.1) is 12.9 Å². The van der Waals surface area contributed by atoms with Crippen LogP contribution in [0.5, 0.6) is 5.75 Å². The highest BCUT2D eigenvalue weighted by atomic mass is 32.2. The molecule has 4 nitrogen and oxygen atoms in total. The maximum atomic E-state index is 11.6. The minimum absolute atomic E-state index is 0.203. The first-order chi connectivity index (χ1) is 9.90. The van der Waals surface area contributed by atoms with Crippen LogP contribution in [0, 0.1) is 0 Å². The van der Waals surface area contributed by atoms with Gasteiger partial charge in [0.15, 0.2) is 0 Å². The molecular formula is C16H25NO3S. The van der Waals surface area contributed by atoms with Crippen LogP contribution < -0.4 is 10.5 Å². The Morgan fingerprint density at radius 3 is 2.81 bits per heavy atom. The first-order valence-corrected chi connectivity index (χ1v) is 9.39. The summed E-state index contributed by atoms with van der Waals surface area (Å²) in [5, 5.41) is 0. The van der Waals surface area contributed by atoms with Crippen molar-refractivity contribution in [3.63, 3.8) is 0 Å². The first-order valence-electron chi connectivity index (χ1n) is 7.57. The van der Waals surface area contributed by atoms with Crippen molar-refractivity contribution < 1.29 is 13.2 Å². The van der Waals surface area contributed by atoms with Gasteiger partial charge in [0.1, 0.15) is 15.6 Å². The summed E-state index contributed by atoms with van der Waals surface area (Å²) in [6.45, 7) is 1.69. The summed E-state index contributed by atoms with van der Waals surface area (Å²) in [4.78, 5) is 0. The van der Waals surface area contributed by atoms with Gasteiger partial charge in [0.2, 0.25) is 0 Å². The zero-order valence-corrected chi connectivity index (χ0v) is 13.7. The van der Waals surface area contributed by atoms with Crippen molar-refractivity contribution in [3.8, 4) is 5.75 Å². The molecule has 1 atom stereocenters. The molecule has 0 saturated heterocycles. The van der Waals surface area contributed by atoms with Crippen LogP contribution in [-0.2, 0) is 21.8 Å². The highest BCUT2D eigenvalue weighted by Gasteiger charge is 2.32. The van der Waals surface area contributed by atoms with Crippen LogP contribution in [0.15, 0.2) is 18.2 Å². The van der Waals surface area contributed by atoms with Gasteiger partial charge < -0.3 is 10.5 Å². The predicted molar refractivity (Wildman–Crippen MR) is 85.4 cm³/mol. The Morgan fingerprint density at radius 2 is 2.14 bits per heavy atom. The molecule has 21 heavy (non-hydrogen) atoms. The normalized spacial score (nSPS) is 21.9. The fourth-order valence-corrected chi connectivity index (χ4v) is 3.98. The second-order valence-corrected chi connectivity index (χ2v) is 8.35. The summed E-state index contributed by atoms with van der Waals surface area (Å²) >= 11 is 0. The number of fused-ring (bicyclic) bond motifs is 1. The van der Waals surface area contributed by atoms with Crippen molar-refractivity contribution in [2.75, 3.05) is 18.6 Å². The Balaban J connectivity index is 2.16. The lowest BCUT2D eigenvalue weighted by Crippen LogP contribution is -2.40. The number of hydrogen-bond acceptors (Lipinski definition) is 4. The molecule has 2 N–H and O–H groups in total. The molecule has 0 amide bonds. The lowest BCUT2D eigenvalue weighted by atomic mass is 9.74. The Labute approximate surface area is 127 Å². The van der Waals surface area contributed by atoms with E-state index in [1.807, 2.05) is 12.1 Å². The van der Waals surface area contributed by atoms with E-state index >= 15 is 0 Å². The fraction of sp³-hybridized carbons (Fsp3) is 0.625. The van der Waals surface area contributed by atoms with Crippen molar-refractivity contribution in [2.45, 2.75) is 44.6 Å². The lowest BCUT2D eigenvalue weighted by Gasteiger charge is -2.36. The largest absolute Gasteiger partial charge is 0.497 e. The number of aryl methyl sites for hydroxylation is 1. The molecule has 5 heteroatoms. The molecule has 1 aliphatic carbocycles. The summed E-state index contributed by atoms with van der Waals surface area (Å²) in [5.74, 6) is 1.24. The second-order valence-electron chi connectivity index (χ2n) is 5.87. The first kappa shape index (κ1) is 16.3. The van der Waals surface area contributed by atoms with E-state index in [9.17, 15) is 8.42 Å². The van der Waals surface area contributed by atoms with Crippen molar-refractivity contribution in [3.05, 3.63) is 29.3 Å². The van der Waals surface area contributed by atoms with E-state index in [4.69, 9.17) is 10.5 Å². The second kappa shape index (κ2) is 6.36. The van der Waals surface area contributed by atoms with E-state index in [-0.39, 0.29) is 11.5 Å². The number of rotatable bonds is 6. The van der Waals surface area contributed by atoms with Gasteiger partial charge in [-0.2, -0.15) is 0 Å². The van der Waals surface area contributed by atoms with Gasteiger partial charge in [-0.25, -0.2) is 8.42 Å². The number of benzene rings is 1. The molecule has 0 spiro atoms. The molecule has 0 radical (unpaired) electrons. The van der Waals surface area contributed by atoms with Crippen LogP contribution in [-0.4, -0.2) is 27.0 Å². The highest BCUT2D eigenvalue weighted by molar-refractivity contribution is 7.91. The fourth-order valence-electron chi connectivity index (χ4n) is 3.10. The molecule has 0 heterocycles. The number of methoxy groups -OCH3 is 1. The average Bonchev–Trinajstić information content (AvgIpc) is 2.47. The van der Waals surface area contributed by atoms with Crippen LogP contribution in [0.2, 0.25) is 0 Å². The molecule has 0 aliphatic heterocycles. The Kier molecular flexibility index (Phi) is 4.94. The smallest absolute Gasteiger partial charge is 0.150 e. The van der Waals surface area contributed by atoms with Gasteiger partial charge in [-0.1, -0.05) is 13.0 Å². The van der Waals surface area contributed by atoms with Gasteiger partial charge in [0.25, 0.3) is 0 Å². The third-order valence-corrected chi connectivity index (χ3v) is 6.23. The van der Waals surface area contributed by atoms with Gasteiger partial charge in [-0.3, -0.25) is 0 Å². The number of ether oxygens (including phenoxy) is 1. The summed E-state index contributed by atoms with van der Waals surface area (Å²) in [7, 11) is -1.27. The van der Waals surface area contributed by atoms with Crippen LogP contribution in [0.4, 0.5) is 0 Å². The molecule has 118 valence electrons. The van der Waals surface area contributed by atoms with E-state index < -0.39 is 15.4 Å². The molecule has 1 aromatic carbocycles. The molecular weight excluding hydrogens is 286 g/mol. The minimum atomic E-state index is -2.92. The van der Waals surface area contributed by atoms with Crippen LogP contribution in [0.3, 0.4) is 0 Å². The van der Waals surface area contributed by atoms with E-state index in [1.54, 1.807) is 14.0 Å². The van der Waals surface area contributed by atoms with Gasteiger partial charge in [-0.05, 0) is 55.4 Å². The summed E-state index contributed by atoms with van der Waals surface area (Å²) < 4.78 is 28.6. The van der Waals surface area contributed by atoms with Crippen LogP contribution >= 0.6 is 0 Å². The summed E-state index contributed by atoms with van der Waals surface area (Å²) in [5.41, 5.74) is 8.58. The van der Waals surface area contributed by atoms with Gasteiger partial charge in [-0.15, -0.1) is 0 Å². The topological polar surface area (TPSA) is 69.4 Å². The molecule has 0 saturated carbocycles. The highest BCUT2D eigenvalue weighted by Crippen LogP contribution is 2.38. The van der Waals surface area contributed by atoms with E-state index in [0.29, 0.717) is 12.8 Å². The average molecular weight is 311 g/mol. The number of hydrogen-bond donors (Lipinski definition) is 1. The Hall–Kier alpha value is -1.07. The molecule has 0 aromatic heterocycles. The third-order valence-electron chi connectivity index (χ3n) is 4.44. The number of nitrogens with two attached hydrogens (primary N) is 1. The monoisotopic (exact) mass is 311 g/mol. The van der Waals surface area contributed by atoms with Crippen molar-refractivity contribution in [1.29, 1.82) is 0 Å². The van der Waals surface area contributed by atoms with Crippen molar-refractivity contribution in [2.24, 2.45) is 5.73 Å². The predicted octanol–water partition coefficient (Wildman–Crippen LogP) is 2.40. The van der Waals surface area contributed by atoms with Gasteiger partial charge >= 0.3 is 0 Å². The molecule has 0 fully saturated rings. The molecule has 1 unspecified atom stereocenters. The van der Waals surface area contributed by atoms with E-state index in [0.717, 1.165) is 30.6 Å². The quantitative estimate of drug-likeness (QED) is 0.876. The third kappa shape index (κ3) is 3.77. The van der Waals surface area contributed by atoms with Crippen LogP contribution in [0.25, 0.3) is 0 Å².